The smallest absolute Gasteiger partial charge is 0.258 e. The van der Waals surface area contributed by atoms with Crippen LogP contribution in [0.4, 0.5) is 14.5 Å². The van der Waals surface area contributed by atoms with E-state index in [0.717, 1.165) is 23.8 Å². The number of nitrogens with zero attached hydrogens (tertiary/aromatic N) is 1. The van der Waals surface area contributed by atoms with E-state index in [2.05, 4.69) is 10.3 Å². The number of pyridine rings is 1. The zero-order valence-corrected chi connectivity index (χ0v) is 12.5. The summed E-state index contributed by atoms with van der Waals surface area (Å²) in [5.41, 5.74) is 2.15. The summed E-state index contributed by atoms with van der Waals surface area (Å²) < 4.78 is 31.7. The molecule has 4 nitrogen and oxygen atoms in total. The second-order valence-electron chi connectivity index (χ2n) is 4.90. The summed E-state index contributed by atoms with van der Waals surface area (Å²) in [6, 6.07) is 4.63. The minimum Gasteiger partial charge on any atom is -0.367 e. The van der Waals surface area contributed by atoms with Crippen molar-refractivity contribution in [3.63, 3.8) is 0 Å². The van der Waals surface area contributed by atoms with Gasteiger partial charge in [-0.1, -0.05) is 0 Å². The first-order valence-electron chi connectivity index (χ1n) is 6.64. The molecule has 1 atom stereocenters. The van der Waals surface area contributed by atoms with Crippen LogP contribution in [0.15, 0.2) is 30.5 Å². The van der Waals surface area contributed by atoms with E-state index < -0.39 is 23.6 Å². The molecular weight excluding hydrogens is 290 g/mol. The summed E-state index contributed by atoms with van der Waals surface area (Å²) in [5.74, 6) is -2.05. The fourth-order valence-corrected chi connectivity index (χ4v) is 2.19. The van der Waals surface area contributed by atoms with Crippen molar-refractivity contribution in [3.8, 4) is 0 Å². The Balaban J connectivity index is 2.29. The molecule has 1 amide bonds. The lowest BCUT2D eigenvalue weighted by Gasteiger charge is -2.17. The Morgan fingerprint density at radius 2 is 1.86 bits per heavy atom. The Hall–Kier alpha value is -2.34. The molecule has 0 saturated carbocycles. The van der Waals surface area contributed by atoms with Crippen molar-refractivity contribution < 1.29 is 18.3 Å². The summed E-state index contributed by atoms with van der Waals surface area (Å²) in [6.07, 6.45) is 0.514. The SMILES string of the molecule is COC(C(=O)Nc1c(C)ccnc1C)c1cc(F)cc(F)c1. The maximum absolute atomic E-state index is 13.3. The normalized spacial score (nSPS) is 12.0. The van der Waals surface area contributed by atoms with E-state index in [1.165, 1.54) is 7.11 Å². The first kappa shape index (κ1) is 16.0. The molecule has 0 spiro atoms. The van der Waals surface area contributed by atoms with Gasteiger partial charge in [-0.15, -0.1) is 0 Å². The fraction of sp³-hybridized carbons (Fsp3) is 0.250. The Bertz CT molecular complexity index is 664. The molecule has 0 radical (unpaired) electrons. The predicted molar refractivity (Wildman–Crippen MR) is 78.4 cm³/mol. The fourth-order valence-electron chi connectivity index (χ4n) is 2.19. The number of benzene rings is 1. The topological polar surface area (TPSA) is 51.2 Å². The number of carbonyl (C=O) groups is 1. The Morgan fingerprint density at radius 1 is 1.23 bits per heavy atom. The van der Waals surface area contributed by atoms with E-state index in [4.69, 9.17) is 4.74 Å². The number of hydrogen-bond donors (Lipinski definition) is 1. The summed E-state index contributed by atoms with van der Waals surface area (Å²) in [6.45, 7) is 3.58. The number of carbonyl (C=O) groups excluding carboxylic acids is 1. The molecule has 1 N–H and O–H groups in total. The van der Waals surface area contributed by atoms with Gasteiger partial charge in [0.25, 0.3) is 5.91 Å². The number of ether oxygens (including phenoxy) is 1. The van der Waals surface area contributed by atoms with Gasteiger partial charge in [0.1, 0.15) is 11.6 Å². The van der Waals surface area contributed by atoms with Gasteiger partial charge in [-0.05, 0) is 43.2 Å². The number of hydrogen-bond acceptors (Lipinski definition) is 3. The zero-order valence-electron chi connectivity index (χ0n) is 12.5. The average molecular weight is 306 g/mol. The molecule has 2 aromatic rings. The maximum atomic E-state index is 13.3. The van der Waals surface area contributed by atoms with E-state index in [9.17, 15) is 13.6 Å². The predicted octanol–water partition coefficient (Wildman–Crippen LogP) is 3.30. The summed E-state index contributed by atoms with van der Waals surface area (Å²) in [7, 11) is 1.30. The number of amides is 1. The lowest BCUT2D eigenvalue weighted by molar-refractivity contribution is -0.126. The highest BCUT2D eigenvalue weighted by atomic mass is 19.1. The first-order valence-corrected chi connectivity index (χ1v) is 6.64. The van der Waals surface area contributed by atoms with Gasteiger partial charge in [-0.25, -0.2) is 8.78 Å². The zero-order chi connectivity index (χ0) is 16.3. The van der Waals surface area contributed by atoms with Crippen molar-refractivity contribution in [2.75, 3.05) is 12.4 Å². The lowest BCUT2D eigenvalue weighted by atomic mass is 10.1. The molecule has 0 saturated heterocycles. The first-order chi connectivity index (χ1) is 10.4. The van der Waals surface area contributed by atoms with Crippen LogP contribution in [-0.4, -0.2) is 18.0 Å². The number of rotatable bonds is 4. The second kappa shape index (κ2) is 6.62. The molecule has 22 heavy (non-hydrogen) atoms. The molecule has 1 aromatic heterocycles. The highest BCUT2D eigenvalue weighted by Gasteiger charge is 2.22. The monoisotopic (exact) mass is 306 g/mol. The van der Waals surface area contributed by atoms with Crippen LogP contribution in [0.3, 0.4) is 0 Å². The number of aromatic nitrogens is 1. The highest BCUT2D eigenvalue weighted by molar-refractivity contribution is 5.95. The Labute approximate surface area is 127 Å². The van der Waals surface area contributed by atoms with Crippen LogP contribution in [-0.2, 0) is 9.53 Å². The minimum absolute atomic E-state index is 0.108. The number of anilines is 1. The van der Waals surface area contributed by atoms with E-state index in [1.807, 2.05) is 6.92 Å². The van der Waals surface area contributed by atoms with Crippen molar-refractivity contribution in [1.29, 1.82) is 0 Å². The van der Waals surface area contributed by atoms with Crippen LogP contribution in [0, 0.1) is 25.5 Å². The Kier molecular flexibility index (Phi) is 4.82. The molecule has 1 unspecified atom stereocenters. The van der Waals surface area contributed by atoms with Gasteiger partial charge in [0.05, 0.1) is 11.4 Å². The number of methoxy groups -OCH3 is 1. The van der Waals surface area contributed by atoms with Crippen molar-refractivity contribution in [1.82, 2.24) is 4.98 Å². The van der Waals surface area contributed by atoms with Crippen LogP contribution < -0.4 is 5.32 Å². The standard InChI is InChI=1S/C16H16F2N2O2/c1-9-4-5-19-10(2)14(9)20-16(21)15(22-3)11-6-12(17)8-13(18)7-11/h4-8,15H,1-3H3,(H,20,21). The van der Waals surface area contributed by atoms with Crippen molar-refractivity contribution in [2.24, 2.45) is 0 Å². The molecule has 0 aliphatic rings. The van der Waals surface area contributed by atoms with Crippen molar-refractivity contribution in [2.45, 2.75) is 20.0 Å². The average Bonchev–Trinajstić information content (AvgIpc) is 2.43. The van der Waals surface area contributed by atoms with Crippen LogP contribution in [0.2, 0.25) is 0 Å². The van der Waals surface area contributed by atoms with Gasteiger partial charge in [0, 0.05) is 19.4 Å². The van der Waals surface area contributed by atoms with Gasteiger partial charge in [0.15, 0.2) is 6.10 Å². The number of nitrogens with one attached hydrogen (secondary N) is 1. The molecule has 116 valence electrons. The van der Waals surface area contributed by atoms with E-state index in [1.54, 1.807) is 19.2 Å². The van der Waals surface area contributed by atoms with E-state index in [-0.39, 0.29) is 5.56 Å². The molecule has 1 heterocycles. The Morgan fingerprint density at radius 3 is 2.41 bits per heavy atom. The molecule has 0 bridgehead atoms. The largest absolute Gasteiger partial charge is 0.367 e. The molecule has 2 rings (SSSR count). The molecule has 0 fully saturated rings. The summed E-state index contributed by atoms with van der Waals surface area (Å²) in [5, 5.41) is 2.70. The molecule has 0 aliphatic heterocycles. The third kappa shape index (κ3) is 3.46. The van der Waals surface area contributed by atoms with Gasteiger partial charge < -0.3 is 10.1 Å². The number of halogens is 2. The van der Waals surface area contributed by atoms with Gasteiger partial charge >= 0.3 is 0 Å². The second-order valence-corrected chi connectivity index (χ2v) is 4.90. The van der Waals surface area contributed by atoms with Gasteiger partial charge in [0.2, 0.25) is 0 Å². The molecule has 0 aliphatic carbocycles. The lowest BCUT2D eigenvalue weighted by Crippen LogP contribution is -2.24. The van der Waals surface area contributed by atoms with Gasteiger partial charge in [-0.3, -0.25) is 9.78 Å². The van der Waals surface area contributed by atoms with Crippen molar-refractivity contribution in [3.05, 3.63) is 58.9 Å². The van der Waals surface area contributed by atoms with E-state index in [0.29, 0.717) is 11.4 Å². The van der Waals surface area contributed by atoms with Crippen molar-refractivity contribution >= 4 is 11.6 Å². The molecule has 6 heteroatoms. The van der Waals surface area contributed by atoms with Crippen LogP contribution in [0.25, 0.3) is 0 Å². The summed E-state index contributed by atoms with van der Waals surface area (Å²) in [4.78, 5) is 16.5. The van der Waals surface area contributed by atoms with Crippen LogP contribution in [0.5, 0.6) is 0 Å². The maximum Gasteiger partial charge on any atom is 0.258 e. The van der Waals surface area contributed by atoms with E-state index >= 15 is 0 Å². The highest BCUT2D eigenvalue weighted by Crippen LogP contribution is 2.23. The third-order valence-electron chi connectivity index (χ3n) is 3.26. The third-order valence-corrected chi connectivity index (χ3v) is 3.26. The number of aryl methyl sites for hydroxylation is 2. The summed E-state index contributed by atoms with van der Waals surface area (Å²) >= 11 is 0. The van der Waals surface area contributed by atoms with Gasteiger partial charge in [-0.2, -0.15) is 0 Å². The quantitative estimate of drug-likeness (QED) is 0.943. The molecular formula is C16H16F2N2O2. The molecule has 1 aromatic carbocycles. The minimum atomic E-state index is -1.12. The van der Waals surface area contributed by atoms with Crippen LogP contribution in [0.1, 0.15) is 22.9 Å². The van der Waals surface area contributed by atoms with Crippen LogP contribution >= 0.6 is 0 Å².